The third-order valence-corrected chi connectivity index (χ3v) is 2.59. The van der Waals surface area contributed by atoms with Crippen LogP contribution in [0.4, 0.5) is 0 Å². The van der Waals surface area contributed by atoms with Crippen molar-refractivity contribution in [2.24, 2.45) is 0 Å². The van der Waals surface area contributed by atoms with Crippen molar-refractivity contribution >= 4 is 0 Å². The molecule has 0 bridgehead atoms. The van der Waals surface area contributed by atoms with Gasteiger partial charge in [0.05, 0.1) is 0 Å². The number of hydrogen-bond donors (Lipinski definition) is 1. The Bertz CT molecular complexity index is 306. The van der Waals surface area contributed by atoms with Gasteiger partial charge in [-0.05, 0) is 53.0 Å². The van der Waals surface area contributed by atoms with Crippen LogP contribution in [-0.4, -0.2) is 11.1 Å². The molecule has 0 radical (unpaired) electrons. The van der Waals surface area contributed by atoms with Crippen molar-refractivity contribution in [3.05, 3.63) is 35.9 Å². The molecule has 0 aliphatic heterocycles. The summed E-state index contributed by atoms with van der Waals surface area (Å²) in [5.74, 6) is 0. The Morgan fingerprint density at radius 2 is 1.50 bits per heavy atom. The van der Waals surface area contributed by atoms with Gasteiger partial charge in [-0.2, -0.15) is 0 Å². The highest BCUT2D eigenvalue weighted by Gasteiger charge is 2.23. The Balaban J connectivity index is 2.48. The summed E-state index contributed by atoms with van der Waals surface area (Å²) < 4.78 is 0. The van der Waals surface area contributed by atoms with E-state index in [2.05, 4.69) is 70.3 Å². The Kier molecular flexibility index (Phi) is 4.15. The van der Waals surface area contributed by atoms with Gasteiger partial charge in [-0.15, -0.1) is 0 Å². The lowest BCUT2D eigenvalue weighted by Crippen LogP contribution is -2.50. The fourth-order valence-electron chi connectivity index (χ4n) is 2.18. The van der Waals surface area contributed by atoms with Crippen LogP contribution in [0.15, 0.2) is 30.3 Å². The third-order valence-electron chi connectivity index (χ3n) is 2.59. The van der Waals surface area contributed by atoms with Crippen LogP contribution in [0, 0.1) is 0 Å². The fraction of sp³-hybridized carbons (Fsp3) is 0.600. The molecule has 0 aromatic heterocycles. The molecule has 1 aromatic carbocycles. The van der Waals surface area contributed by atoms with Crippen molar-refractivity contribution in [1.29, 1.82) is 0 Å². The first-order valence-electron chi connectivity index (χ1n) is 6.12. The Morgan fingerprint density at radius 1 is 0.938 bits per heavy atom. The van der Waals surface area contributed by atoms with Gasteiger partial charge in [0.25, 0.3) is 0 Å². The predicted octanol–water partition coefficient (Wildman–Crippen LogP) is 3.79. The highest BCUT2D eigenvalue weighted by Crippen LogP contribution is 2.17. The first kappa shape index (κ1) is 13.2. The van der Waals surface area contributed by atoms with Crippen molar-refractivity contribution < 1.29 is 0 Å². The molecule has 0 atom stereocenters. The molecule has 1 N–H and O–H groups in total. The molecule has 0 fully saturated rings. The summed E-state index contributed by atoms with van der Waals surface area (Å²) >= 11 is 0. The Morgan fingerprint density at radius 3 is 2.00 bits per heavy atom. The molecule has 0 saturated carbocycles. The lowest BCUT2D eigenvalue weighted by molar-refractivity contribution is 0.268. The first-order valence-corrected chi connectivity index (χ1v) is 6.12. The largest absolute Gasteiger partial charge is 0.307 e. The van der Waals surface area contributed by atoms with Gasteiger partial charge in [-0.3, -0.25) is 0 Å². The van der Waals surface area contributed by atoms with E-state index in [9.17, 15) is 0 Å². The van der Waals surface area contributed by atoms with Crippen molar-refractivity contribution in [3.8, 4) is 0 Å². The zero-order valence-electron chi connectivity index (χ0n) is 11.3. The van der Waals surface area contributed by atoms with Crippen LogP contribution in [0.25, 0.3) is 0 Å². The maximum atomic E-state index is 3.67. The second kappa shape index (κ2) is 5.01. The summed E-state index contributed by atoms with van der Waals surface area (Å²) in [7, 11) is 0. The highest BCUT2D eigenvalue weighted by molar-refractivity contribution is 5.15. The molecule has 1 rings (SSSR count). The van der Waals surface area contributed by atoms with Gasteiger partial charge < -0.3 is 5.32 Å². The van der Waals surface area contributed by atoms with E-state index in [1.54, 1.807) is 0 Å². The van der Waals surface area contributed by atoms with Crippen LogP contribution >= 0.6 is 0 Å². The molecule has 1 heteroatoms. The lowest BCUT2D eigenvalue weighted by atomic mass is 9.92. The minimum Gasteiger partial charge on any atom is -0.307 e. The summed E-state index contributed by atoms with van der Waals surface area (Å²) in [6.07, 6.45) is 2.30. The highest BCUT2D eigenvalue weighted by atomic mass is 15.0. The molecule has 0 heterocycles. The van der Waals surface area contributed by atoms with Gasteiger partial charge in [-0.25, -0.2) is 0 Å². The molecular weight excluding hydrogens is 194 g/mol. The van der Waals surface area contributed by atoms with Crippen molar-refractivity contribution in [2.75, 3.05) is 0 Å². The molecule has 0 aliphatic carbocycles. The fourth-order valence-corrected chi connectivity index (χ4v) is 2.18. The molecule has 0 spiro atoms. The van der Waals surface area contributed by atoms with Gasteiger partial charge in [0, 0.05) is 11.1 Å². The summed E-state index contributed by atoms with van der Waals surface area (Å²) in [5, 5.41) is 3.67. The molecule has 90 valence electrons. The smallest absolute Gasteiger partial charge is 0.0133 e. The monoisotopic (exact) mass is 219 g/mol. The van der Waals surface area contributed by atoms with Crippen molar-refractivity contribution in [2.45, 2.75) is 58.5 Å². The van der Waals surface area contributed by atoms with Gasteiger partial charge in [0.15, 0.2) is 0 Å². The van der Waals surface area contributed by atoms with E-state index < -0.39 is 0 Å². The molecular formula is C15H25N. The quantitative estimate of drug-likeness (QED) is 0.812. The average Bonchev–Trinajstić information content (AvgIpc) is 2.13. The van der Waals surface area contributed by atoms with Crippen LogP contribution in [0.3, 0.4) is 0 Å². The van der Waals surface area contributed by atoms with Crippen LogP contribution in [0.1, 0.15) is 46.6 Å². The summed E-state index contributed by atoms with van der Waals surface area (Å²) in [6.45, 7) is 11.2. The minimum absolute atomic E-state index is 0.181. The van der Waals surface area contributed by atoms with Crippen molar-refractivity contribution in [1.82, 2.24) is 5.32 Å². The van der Waals surface area contributed by atoms with E-state index in [1.807, 2.05) is 0 Å². The number of nitrogens with one attached hydrogen (secondary N) is 1. The number of benzene rings is 1. The van der Waals surface area contributed by atoms with Crippen molar-refractivity contribution in [3.63, 3.8) is 0 Å². The maximum absolute atomic E-state index is 3.67. The third kappa shape index (κ3) is 5.32. The Hall–Kier alpha value is -0.820. The maximum Gasteiger partial charge on any atom is 0.0133 e. The average molecular weight is 219 g/mol. The summed E-state index contributed by atoms with van der Waals surface area (Å²) in [4.78, 5) is 0. The molecule has 1 aromatic rings. The molecule has 1 nitrogen and oxygen atoms in total. The van der Waals surface area contributed by atoms with Gasteiger partial charge in [0.1, 0.15) is 0 Å². The number of hydrogen-bond acceptors (Lipinski definition) is 1. The predicted molar refractivity (Wildman–Crippen MR) is 71.7 cm³/mol. The SMILES string of the molecule is CC(C)(C)NC(C)(C)CCc1ccccc1. The van der Waals surface area contributed by atoms with Crippen LogP contribution in [-0.2, 0) is 6.42 Å². The molecule has 0 aliphatic rings. The Labute approximate surface area is 100 Å². The van der Waals surface area contributed by atoms with E-state index in [0.29, 0.717) is 0 Å². The first-order chi connectivity index (χ1) is 7.29. The minimum atomic E-state index is 0.181. The zero-order chi connectivity index (χ0) is 12.2. The van der Waals surface area contributed by atoms with E-state index in [1.165, 1.54) is 5.56 Å². The molecule has 0 unspecified atom stereocenters. The van der Waals surface area contributed by atoms with E-state index in [0.717, 1.165) is 12.8 Å². The van der Waals surface area contributed by atoms with Crippen LogP contribution in [0.2, 0.25) is 0 Å². The number of rotatable bonds is 4. The van der Waals surface area contributed by atoms with E-state index in [-0.39, 0.29) is 11.1 Å². The number of aryl methyl sites for hydroxylation is 1. The van der Waals surface area contributed by atoms with Crippen LogP contribution < -0.4 is 5.32 Å². The molecule has 16 heavy (non-hydrogen) atoms. The molecule has 0 amide bonds. The second-order valence-electron chi connectivity index (χ2n) is 6.24. The summed E-state index contributed by atoms with van der Waals surface area (Å²) in [5.41, 5.74) is 1.79. The van der Waals surface area contributed by atoms with Crippen LogP contribution in [0.5, 0.6) is 0 Å². The summed E-state index contributed by atoms with van der Waals surface area (Å²) in [6, 6.07) is 10.7. The van der Waals surface area contributed by atoms with Gasteiger partial charge in [-0.1, -0.05) is 30.3 Å². The van der Waals surface area contributed by atoms with E-state index in [4.69, 9.17) is 0 Å². The lowest BCUT2D eigenvalue weighted by Gasteiger charge is -2.35. The normalized spacial score (nSPS) is 12.8. The topological polar surface area (TPSA) is 12.0 Å². The van der Waals surface area contributed by atoms with Gasteiger partial charge >= 0.3 is 0 Å². The molecule has 0 saturated heterocycles. The second-order valence-corrected chi connectivity index (χ2v) is 6.24. The van der Waals surface area contributed by atoms with E-state index >= 15 is 0 Å². The zero-order valence-corrected chi connectivity index (χ0v) is 11.3. The van der Waals surface area contributed by atoms with Gasteiger partial charge in [0.2, 0.25) is 0 Å². The standard InChI is InChI=1S/C15H25N/c1-14(2,3)16-15(4,5)12-11-13-9-7-6-8-10-13/h6-10,16H,11-12H2,1-5H3.